The lowest BCUT2D eigenvalue weighted by Gasteiger charge is -2.32. The topological polar surface area (TPSA) is 61.5 Å². The molecule has 106 valence electrons. The predicted octanol–water partition coefficient (Wildman–Crippen LogP) is 1.48. The standard InChI is InChI=1S/C15H20BNO3/c1-14(2)15(3,4)20-16(19-14)12-7-5-6-11(10-12)8-9-13(17)18/h5-10H,1-4H3,(H2,17,18). The first-order chi connectivity index (χ1) is 9.21. The van der Waals surface area contributed by atoms with Gasteiger partial charge >= 0.3 is 7.12 Å². The summed E-state index contributed by atoms with van der Waals surface area (Å²) in [6, 6.07) is 7.68. The SMILES string of the molecule is CC1(C)OB(c2cccc(C=CC(N)=O)c2)OC1(C)C. The summed E-state index contributed by atoms with van der Waals surface area (Å²) in [5.74, 6) is -0.467. The van der Waals surface area contributed by atoms with Crippen molar-refractivity contribution in [1.29, 1.82) is 0 Å². The second-order valence-corrected chi connectivity index (χ2v) is 5.99. The highest BCUT2D eigenvalue weighted by Gasteiger charge is 2.51. The average Bonchev–Trinajstić information content (AvgIpc) is 2.56. The first-order valence-corrected chi connectivity index (χ1v) is 6.64. The largest absolute Gasteiger partial charge is 0.494 e. The molecule has 0 atom stereocenters. The van der Waals surface area contributed by atoms with E-state index in [1.54, 1.807) is 6.08 Å². The summed E-state index contributed by atoms with van der Waals surface area (Å²) in [5, 5.41) is 0. The Morgan fingerprint density at radius 3 is 2.35 bits per heavy atom. The second kappa shape index (κ2) is 5.07. The van der Waals surface area contributed by atoms with Gasteiger partial charge in [0.15, 0.2) is 0 Å². The van der Waals surface area contributed by atoms with Gasteiger partial charge in [0.1, 0.15) is 0 Å². The van der Waals surface area contributed by atoms with Crippen LogP contribution >= 0.6 is 0 Å². The first-order valence-electron chi connectivity index (χ1n) is 6.64. The van der Waals surface area contributed by atoms with E-state index in [1.165, 1.54) is 6.08 Å². The molecule has 0 saturated carbocycles. The lowest BCUT2D eigenvalue weighted by Crippen LogP contribution is -2.41. The smallest absolute Gasteiger partial charge is 0.399 e. The summed E-state index contributed by atoms with van der Waals surface area (Å²) in [5.41, 5.74) is 6.18. The molecule has 1 heterocycles. The zero-order valence-corrected chi connectivity index (χ0v) is 12.3. The molecule has 1 fully saturated rings. The lowest BCUT2D eigenvalue weighted by atomic mass is 9.78. The molecule has 0 spiro atoms. The molecule has 1 aromatic rings. The van der Waals surface area contributed by atoms with Crippen LogP contribution in [-0.2, 0) is 14.1 Å². The quantitative estimate of drug-likeness (QED) is 0.670. The highest BCUT2D eigenvalue weighted by molar-refractivity contribution is 6.62. The number of nitrogens with two attached hydrogens (primary N) is 1. The highest BCUT2D eigenvalue weighted by atomic mass is 16.7. The van der Waals surface area contributed by atoms with Gasteiger partial charge in [-0.15, -0.1) is 0 Å². The van der Waals surface area contributed by atoms with E-state index in [9.17, 15) is 4.79 Å². The maximum Gasteiger partial charge on any atom is 0.494 e. The normalized spacial score (nSPS) is 20.5. The van der Waals surface area contributed by atoms with Crippen molar-refractivity contribution < 1.29 is 14.1 Å². The van der Waals surface area contributed by atoms with E-state index in [2.05, 4.69) is 0 Å². The summed E-state index contributed by atoms with van der Waals surface area (Å²) < 4.78 is 12.0. The van der Waals surface area contributed by atoms with E-state index in [4.69, 9.17) is 15.0 Å². The molecule has 5 heteroatoms. The van der Waals surface area contributed by atoms with Gasteiger partial charge in [0.25, 0.3) is 0 Å². The fourth-order valence-corrected chi connectivity index (χ4v) is 1.97. The van der Waals surface area contributed by atoms with Crippen LogP contribution in [0, 0.1) is 0 Å². The number of carbonyl (C=O) groups is 1. The number of hydrogen-bond acceptors (Lipinski definition) is 3. The highest BCUT2D eigenvalue weighted by Crippen LogP contribution is 2.36. The van der Waals surface area contributed by atoms with Gasteiger partial charge in [0.2, 0.25) is 5.91 Å². The van der Waals surface area contributed by atoms with Gasteiger partial charge in [-0.3, -0.25) is 4.79 Å². The van der Waals surface area contributed by atoms with Gasteiger partial charge < -0.3 is 15.0 Å². The molecular formula is C15H20BNO3. The van der Waals surface area contributed by atoms with Crippen LogP contribution in [0.1, 0.15) is 33.3 Å². The van der Waals surface area contributed by atoms with Gasteiger partial charge in [-0.05, 0) is 44.8 Å². The summed E-state index contributed by atoms with van der Waals surface area (Å²) >= 11 is 0. The molecule has 2 rings (SSSR count). The number of carbonyl (C=O) groups excluding carboxylic acids is 1. The van der Waals surface area contributed by atoms with Crippen molar-refractivity contribution in [2.45, 2.75) is 38.9 Å². The Bertz CT molecular complexity index is 536. The molecule has 1 aromatic carbocycles. The number of benzene rings is 1. The maximum atomic E-state index is 10.8. The average molecular weight is 273 g/mol. The minimum absolute atomic E-state index is 0.364. The minimum Gasteiger partial charge on any atom is -0.399 e. The third kappa shape index (κ3) is 2.94. The van der Waals surface area contributed by atoms with E-state index in [0.29, 0.717) is 0 Å². The number of primary amides is 1. The minimum atomic E-state index is -0.467. The molecule has 1 saturated heterocycles. The Morgan fingerprint density at radius 2 is 1.80 bits per heavy atom. The summed E-state index contributed by atoms with van der Waals surface area (Å²) in [4.78, 5) is 10.8. The molecule has 4 nitrogen and oxygen atoms in total. The Kier molecular flexibility index (Phi) is 3.76. The van der Waals surface area contributed by atoms with Crippen LogP contribution < -0.4 is 11.2 Å². The molecule has 1 aliphatic heterocycles. The van der Waals surface area contributed by atoms with Crippen molar-refractivity contribution in [3.05, 3.63) is 35.9 Å². The molecule has 1 aliphatic rings. The molecule has 0 aliphatic carbocycles. The van der Waals surface area contributed by atoms with Gasteiger partial charge in [-0.25, -0.2) is 0 Å². The number of rotatable bonds is 3. The van der Waals surface area contributed by atoms with E-state index in [0.717, 1.165) is 11.0 Å². The van der Waals surface area contributed by atoms with Crippen molar-refractivity contribution in [3.63, 3.8) is 0 Å². The van der Waals surface area contributed by atoms with Crippen molar-refractivity contribution in [1.82, 2.24) is 0 Å². The fourth-order valence-electron chi connectivity index (χ4n) is 1.97. The molecule has 2 N–H and O–H groups in total. The fraction of sp³-hybridized carbons (Fsp3) is 0.400. The molecule has 0 aromatic heterocycles. The molecular weight excluding hydrogens is 253 g/mol. The van der Waals surface area contributed by atoms with Crippen molar-refractivity contribution in [2.24, 2.45) is 5.73 Å². The third-order valence-corrected chi connectivity index (χ3v) is 3.88. The van der Waals surface area contributed by atoms with Crippen molar-refractivity contribution >= 4 is 24.6 Å². The molecule has 1 amide bonds. The zero-order chi connectivity index (χ0) is 15.0. The van der Waals surface area contributed by atoms with Crippen LogP contribution in [0.4, 0.5) is 0 Å². The van der Waals surface area contributed by atoms with E-state index in [1.807, 2.05) is 52.0 Å². The first kappa shape index (κ1) is 14.8. The Morgan fingerprint density at radius 1 is 1.20 bits per heavy atom. The number of hydrogen-bond donors (Lipinski definition) is 1. The Labute approximate surface area is 120 Å². The molecule has 20 heavy (non-hydrogen) atoms. The Balaban J connectivity index is 2.23. The van der Waals surface area contributed by atoms with E-state index in [-0.39, 0.29) is 11.2 Å². The lowest BCUT2D eigenvalue weighted by molar-refractivity contribution is -0.113. The second-order valence-electron chi connectivity index (χ2n) is 5.99. The van der Waals surface area contributed by atoms with Crippen LogP contribution in [0.5, 0.6) is 0 Å². The van der Waals surface area contributed by atoms with Crippen LogP contribution in [0.15, 0.2) is 30.3 Å². The predicted molar refractivity (Wildman–Crippen MR) is 80.4 cm³/mol. The van der Waals surface area contributed by atoms with E-state index >= 15 is 0 Å². The molecule has 0 unspecified atom stereocenters. The monoisotopic (exact) mass is 273 g/mol. The summed E-state index contributed by atoms with van der Waals surface area (Å²) in [6.45, 7) is 8.07. The van der Waals surface area contributed by atoms with Gasteiger partial charge in [-0.2, -0.15) is 0 Å². The van der Waals surface area contributed by atoms with Gasteiger partial charge in [0, 0.05) is 6.08 Å². The van der Waals surface area contributed by atoms with Crippen LogP contribution in [0.25, 0.3) is 6.08 Å². The molecule has 0 radical (unpaired) electrons. The van der Waals surface area contributed by atoms with Crippen molar-refractivity contribution in [3.8, 4) is 0 Å². The van der Waals surface area contributed by atoms with Crippen LogP contribution in [-0.4, -0.2) is 24.2 Å². The molecule has 0 bridgehead atoms. The third-order valence-electron chi connectivity index (χ3n) is 3.88. The zero-order valence-electron chi connectivity index (χ0n) is 12.3. The van der Waals surface area contributed by atoms with Crippen molar-refractivity contribution in [2.75, 3.05) is 0 Å². The van der Waals surface area contributed by atoms with Crippen LogP contribution in [0.2, 0.25) is 0 Å². The van der Waals surface area contributed by atoms with Gasteiger partial charge in [-0.1, -0.05) is 24.3 Å². The number of amides is 1. The Hall–Kier alpha value is -1.59. The van der Waals surface area contributed by atoms with E-state index < -0.39 is 13.0 Å². The van der Waals surface area contributed by atoms with Crippen LogP contribution in [0.3, 0.4) is 0 Å². The summed E-state index contributed by atoms with van der Waals surface area (Å²) in [6.07, 6.45) is 3.01. The van der Waals surface area contributed by atoms with Gasteiger partial charge in [0.05, 0.1) is 11.2 Å². The maximum absolute atomic E-state index is 10.8. The summed E-state index contributed by atoms with van der Waals surface area (Å²) in [7, 11) is -0.401.